The van der Waals surface area contributed by atoms with E-state index < -0.39 is 0 Å². The Bertz CT molecular complexity index is 399. The minimum Gasteiger partial charge on any atom is -0.506 e. The maximum absolute atomic E-state index is 9.66. The summed E-state index contributed by atoms with van der Waals surface area (Å²) in [6.45, 7) is 1.32. The van der Waals surface area contributed by atoms with Gasteiger partial charge in [-0.3, -0.25) is 0 Å². The van der Waals surface area contributed by atoms with E-state index in [9.17, 15) is 5.11 Å². The van der Waals surface area contributed by atoms with Gasteiger partial charge in [0.05, 0.1) is 5.02 Å². The Hall–Kier alpha value is -0.880. The third kappa shape index (κ3) is 3.94. The van der Waals surface area contributed by atoms with Crippen molar-refractivity contribution in [1.29, 1.82) is 0 Å². The Labute approximate surface area is 106 Å². The standard InChI is InChI=1S/C12H13Cl2NO/c1-2-3-4-5-15-8-9-6-10(13)7-11(14)12(9)16/h1,6-7,15-16H,3-5,8H2. The molecule has 4 heteroatoms. The minimum absolute atomic E-state index is 0.0792. The van der Waals surface area contributed by atoms with Crippen molar-refractivity contribution in [3.8, 4) is 18.1 Å². The highest BCUT2D eigenvalue weighted by molar-refractivity contribution is 6.35. The first-order valence-electron chi connectivity index (χ1n) is 4.96. The van der Waals surface area contributed by atoms with Crippen molar-refractivity contribution in [3.05, 3.63) is 27.7 Å². The molecule has 0 aromatic heterocycles. The number of rotatable bonds is 5. The zero-order valence-corrected chi connectivity index (χ0v) is 10.3. The summed E-state index contributed by atoms with van der Waals surface area (Å²) in [6.07, 6.45) is 6.79. The van der Waals surface area contributed by atoms with Crippen molar-refractivity contribution >= 4 is 23.2 Å². The van der Waals surface area contributed by atoms with Gasteiger partial charge in [-0.15, -0.1) is 12.3 Å². The molecule has 2 N–H and O–H groups in total. The van der Waals surface area contributed by atoms with Crippen molar-refractivity contribution in [2.45, 2.75) is 19.4 Å². The fourth-order valence-electron chi connectivity index (χ4n) is 1.29. The summed E-state index contributed by atoms with van der Waals surface area (Å²) in [7, 11) is 0. The van der Waals surface area contributed by atoms with Crippen molar-refractivity contribution < 1.29 is 5.11 Å². The van der Waals surface area contributed by atoms with Gasteiger partial charge in [-0.1, -0.05) is 23.2 Å². The third-order valence-corrected chi connectivity index (χ3v) is 2.60. The average Bonchev–Trinajstić information content (AvgIpc) is 2.24. The highest BCUT2D eigenvalue weighted by atomic mass is 35.5. The molecule has 1 rings (SSSR count). The molecular formula is C12H13Cl2NO. The molecule has 16 heavy (non-hydrogen) atoms. The van der Waals surface area contributed by atoms with Crippen LogP contribution in [0.5, 0.6) is 5.75 Å². The molecule has 0 aliphatic heterocycles. The molecule has 0 saturated heterocycles. The van der Waals surface area contributed by atoms with Gasteiger partial charge in [-0.25, -0.2) is 0 Å². The first kappa shape index (κ1) is 13.2. The van der Waals surface area contributed by atoms with Crippen LogP contribution in [0.25, 0.3) is 0 Å². The normalized spacial score (nSPS) is 10.1. The number of aromatic hydroxyl groups is 1. The van der Waals surface area contributed by atoms with Gasteiger partial charge in [0.15, 0.2) is 0 Å². The molecule has 0 unspecified atom stereocenters. The predicted molar refractivity (Wildman–Crippen MR) is 67.9 cm³/mol. The van der Waals surface area contributed by atoms with Gasteiger partial charge in [0.1, 0.15) is 5.75 Å². The number of halogens is 2. The number of benzene rings is 1. The molecule has 0 aliphatic rings. The number of hydrogen-bond donors (Lipinski definition) is 2. The molecule has 0 radical (unpaired) electrons. The van der Waals surface area contributed by atoms with Crippen molar-refractivity contribution in [2.75, 3.05) is 6.54 Å². The van der Waals surface area contributed by atoms with Crippen LogP contribution in [0.4, 0.5) is 0 Å². The highest BCUT2D eigenvalue weighted by Gasteiger charge is 2.06. The summed E-state index contributed by atoms with van der Waals surface area (Å²) >= 11 is 11.6. The average molecular weight is 258 g/mol. The molecule has 0 atom stereocenters. The van der Waals surface area contributed by atoms with Crippen molar-refractivity contribution in [2.24, 2.45) is 0 Å². The maximum Gasteiger partial charge on any atom is 0.138 e. The lowest BCUT2D eigenvalue weighted by molar-refractivity contribution is 0.464. The van der Waals surface area contributed by atoms with Crippen LogP contribution in [0.3, 0.4) is 0 Å². The Morgan fingerprint density at radius 2 is 2.12 bits per heavy atom. The van der Waals surface area contributed by atoms with Crippen molar-refractivity contribution in [3.63, 3.8) is 0 Å². The Morgan fingerprint density at radius 3 is 2.81 bits per heavy atom. The second-order valence-electron chi connectivity index (χ2n) is 3.38. The van der Waals surface area contributed by atoms with Gasteiger partial charge in [0, 0.05) is 23.6 Å². The number of terminal acetylenes is 1. The molecular weight excluding hydrogens is 245 g/mol. The lowest BCUT2D eigenvalue weighted by Gasteiger charge is -2.08. The quantitative estimate of drug-likeness (QED) is 0.628. The van der Waals surface area contributed by atoms with Crippen LogP contribution in [0.1, 0.15) is 18.4 Å². The van der Waals surface area contributed by atoms with Gasteiger partial charge >= 0.3 is 0 Å². The van der Waals surface area contributed by atoms with E-state index >= 15 is 0 Å². The van der Waals surface area contributed by atoms with Crippen LogP contribution in [-0.2, 0) is 6.54 Å². The maximum atomic E-state index is 9.66. The first-order chi connectivity index (χ1) is 7.65. The van der Waals surface area contributed by atoms with E-state index in [1.54, 1.807) is 6.07 Å². The smallest absolute Gasteiger partial charge is 0.138 e. The lowest BCUT2D eigenvalue weighted by atomic mass is 10.2. The molecule has 0 aliphatic carbocycles. The van der Waals surface area contributed by atoms with Gasteiger partial charge < -0.3 is 10.4 Å². The summed E-state index contributed by atoms with van der Waals surface area (Å²) in [5.41, 5.74) is 0.693. The first-order valence-corrected chi connectivity index (χ1v) is 5.72. The molecule has 0 bridgehead atoms. The van der Waals surface area contributed by atoms with E-state index in [4.69, 9.17) is 29.6 Å². The van der Waals surface area contributed by atoms with E-state index in [2.05, 4.69) is 11.2 Å². The van der Waals surface area contributed by atoms with Gasteiger partial charge in [-0.2, -0.15) is 0 Å². The van der Waals surface area contributed by atoms with Crippen LogP contribution < -0.4 is 5.32 Å². The van der Waals surface area contributed by atoms with E-state index in [1.165, 1.54) is 6.07 Å². The highest BCUT2D eigenvalue weighted by Crippen LogP contribution is 2.30. The number of phenols is 1. The molecule has 0 heterocycles. The fraction of sp³-hybridized carbons (Fsp3) is 0.333. The number of nitrogens with one attached hydrogen (secondary N) is 1. The third-order valence-electron chi connectivity index (χ3n) is 2.10. The van der Waals surface area contributed by atoms with E-state index in [-0.39, 0.29) is 10.8 Å². The van der Waals surface area contributed by atoms with E-state index in [0.29, 0.717) is 17.1 Å². The molecule has 2 nitrogen and oxygen atoms in total. The summed E-state index contributed by atoms with van der Waals surface area (Å²) in [6, 6.07) is 3.21. The summed E-state index contributed by atoms with van der Waals surface area (Å²) in [5.74, 6) is 2.64. The minimum atomic E-state index is 0.0792. The Morgan fingerprint density at radius 1 is 1.38 bits per heavy atom. The van der Waals surface area contributed by atoms with Crippen LogP contribution in [0.2, 0.25) is 10.0 Å². The van der Waals surface area contributed by atoms with Crippen molar-refractivity contribution in [1.82, 2.24) is 5.32 Å². The van der Waals surface area contributed by atoms with E-state index in [0.717, 1.165) is 19.4 Å². The molecule has 0 saturated carbocycles. The fourth-order valence-corrected chi connectivity index (χ4v) is 1.83. The summed E-state index contributed by atoms with van der Waals surface area (Å²) in [5, 5.41) is 13.6. The Kier molecular flexibility index (Phi) is 5.48. The number of hydrogen-bond acceptors (Lipinski definition) is 2. The molecule has 0 fully saturated rings. The van der Waals surface area contributed by atoms with Gasteiger partial charge in [0.2, 0.25) is 0 Å². The van der Waals surface area contributed by atoms with Gasteiger partial charge in [0.25, 0.3) is 0 Å². The molecule has 0 amide bonds. The second kappa shape index (κ2) is 6.65. The van der Waals surface area contributed by atoms with Crippen LogP contribution >= 0.6 is 23.2 Å². The Balaban J connectivity index is 2.51. The molecule has 1 aromatic rings. The summed E-state index contributed by atoms with van der Waals surface area (Å²) < 4.78 is 0. The largest absolute Gasteiger partial charge is 0.506 e. The van der Waals surface area contributed by atoms with Crippen LogP contribution in [0, 0.1) is 12.3 Å². The predicted octanol–water partition coefficient (Wildman–Crippen LogP) is 3.20. The van der Waals surface area contributed by atoms with Crippen LogP contribution in [-0.4, -0.2) is 11.7 Å². The lowest BCUT2D eigenvalue weighted by Crippen LogP contribution is -2.14. The molecule has 0 spiro atoms. The SMILES string of the molecule is C#CCCCNCc1cc(Cl)cc(Cl)c1O. The number of unbranched alkanes of at least 4 members (excludes halogenated alkanes) is 1. The van der Waals surface area contributed by atoms with Crippen LogP contribution in [0.15, 0.2) is 12.1 Å². The van der Waals surface area contributed by atoms with Gasteiger partial charge in [-0.05, 0) is 25.1 Å². The number of phenolic OH excluding ortho intramolecular Hbond substituents is 1. The molecule has 86 valence electrons. The second-order valence-corrected chi connectivity index (χ2v) is 4.22. The monoisotopic (exact) mass is 257 g/mol. The topological polar surface area (TPSA) is 32.3 Å². The van der Waals surface area contributed by atoms with E-state index in [1.807, 2.05) is 0 Å². The molecule has 1 aromatic carbocycles. The zero-order valence-electron chi connectivity index (χ0n) is 8.76. The summed E-state index contributed by atoms with van der Waals surface area (Å²) in [4.78, 5) is 0. The zero-order chi connectivity index (χ0) is 12.0.